The van der Waals surface area contributed by atoms with Crippen LogP contribution in [0.3, 0.4) is 0 Å². The predicted molar refractivity (Wildman–Crippen MR) is 76.3 cm³/mol. The molecule has 0 radical (unpaired) electrons. The summed E-state index contributed by atoms with van der Waals surface area (Å²) in [5.74, 6) is 0.166. The minimum Gasteiger partial charge on any atom is -0.384 e. The highest BCUT2D eigenvalue weighted by Gasteiger charge is 2.14. The van der Waals surface area contributed by atoms with Crippen LogP contribution in [0.4, 0.5) is 5.69 Å². The summed E-state index contributed by atoms with van der Waals surface area (Å²) < 4.78 is 24.2. The van der Waals surface area contributed by atoms with Crippen molar-refractivity contribution in [2.24, 2.45) is 0 Å². The Morgan fingerprint density at radius 3 is 2.53 bits per heavy atom. The molecule has 0 heterocycles. The summed E-state index contributed by atoms with van der Waals surface area (Å²) in [5.41, 5.74) is 2.08. The zero-order valence-corrected chi connectivity index (χ0v) is 12.7. The van der Waals surface area contributed by atoms with E-state index in [-0.39, 0.29) is 11.0 Å². The fourth-order valence-electron chi connectivity index (χ4n) is 1.33. The SMILES string of the molecule is Cc1cc(NCCS(=O)(=O)C(C)C)ccc1Br. The van der Waals surface area contributed by atoms with Crippen molar-refractivity contribution in [3.05, 3.63) is 28.2 Å². The molecule has 0 unspecified atom stereocenters. The summed E-state index contributed by atoms with van der Waals surface area (Å²) in [5, 5.41) is 2.81. The van der Waals surface area contributed by atoms with Crippen LogP contribution in [0.15, 0.2) is 22.7 Å². The molecule has 1 aromatic carbocycles. The van der Waals surface area contributed by atoms with Gasteiger partial charge in [0.2, 0.25) is 0 Å². The average molecular weight is 320 g/mol. The van der Waals surface area contributed by atoms with Crippen LogP contribution in [0.25, 0.3) is 0 Å². The lowest BCUT2D eigenvalue weighted by Gasteiger charge is -2.10. The Balaban J connectivity index is 2.55. The number of aryl methyl sites for hydroxylation is 1. The molecule has 1 aromatic rings. The molecular formula is C12H18BrNO2S. The molecule has 3 nitrogen and oxygen atoms in total. The number of hydrogen-bond acceptors (Lipinski definition) is 3. The molecule has 0 saturated heterocycles. The molecule has 0 amide bonds. The highest BCUT2D eigenvalue weighted by atomic mass is 79.9. The Hall–Kier alpha value is -0.550. The lowest BCUT2D eigenvalue weighted by Crippen LogP contribution is -2.22. The van der Waals surface area contributed by atoms with Crippen molar-refractivity contribution in [2.75, 3.05) is 17.6 Å². The monoisotopic (exact) mass is 319 g/mol. The second kappa shape index (κ2) is 5.87. The van der Waals surface area contributed by atoms with E-state index in [0.717, 1.165) is 15.7 Å². The summed E-state index contributed by atoms with van der Waals surface area (Å²) in [7, 11) is -2.96. The topological polar surface area (TPSA) is 46.2 Å². The number of rotatable bonds is 5. The molecule has 0 saturated carbocycles. The molecule has 5 heteroatoms. The molecule has 17 heavy (non-hydrogen) atoms. The molecular weight excluding hydrogens is 302 g/mol. The Kier molecular flexibility index (Phi) is 5.01. The third-order valence-electron chi connectivity index (χ3n) is 2.59. The molecule has 0 aliphatic carbocycles. The van der Waals surface area contributed by atoms with Gasteiger partial charge in [-0.1, -0.05) is 15.9 Å². The molecule has 0 bridgehead atoms. The van der Waals surface area contributed by atoms with Crippen LogP contribution in [0, 0.1) is 6.92 Å². The van der Waals surface area contributed by atoms with Gasteiger partial charge in [-0.05, 0) is 44.5 Å². The first-order valence-electron chi connectivity index (χ1n) is 5.54. The van der Waals surface area contributed by atoms with Gasteiger partial charge in [0.1, 0.15) is 0 Å². The van der Waals surface area contributed by atoms with Crippen LogP contribution < -0.4 is 5.32 Å². The maximum absolute atomic E-state index is 11.6. The van der Waals surface area contributed by atoms with Crippen molar-refractivity contribution < 1.29 is 8.42 Å². The summed E-state index contributed by atoms with van der Waals surface area (Å²) >= 11 is 3.42. The summed E-state index contributed by atoms with van der Waals surface area (Å²) in [4.78, 5) is 0. The number of halogens is 1. The summed E-state index contributed by atoms with van der Waals surface area (Å²) in [6.07, 6.45) is 0. The molecule has 1 N–H and O–H groups in total. The van der Waals surface area contributed by atoms with Crippen molar-refractivity contribution >= 4 is 31.5 Å². The van der Waals surface area contributed by atoms with E-state index in [1.807, 2.05) is 25.1 Å². The standard InChI is InChI=1S/C12H18BrNO2S/c1-9(2)17(15,16)7-6-14-11-4-5-12(13)10(3)8-11/h4-5,8-9,14H,6-7H2,1-3H3. The van der Waals surface area contributed by atoms with Gasteiger partial charge in [0.15, 0.2) is 9.84 Å². The van der Waals surface area contributed by atoms with E-state index in [4.69, 9.17) is 0 Å². The van der Waals surface area contributed by atoms with Crippen molar-refractivity contribution in [2.45, 2.75) is 26.0 Å². The second-order valence-corrected chi connectivity index (χ2v) is 7.84. The van der Waals surface area contributed by atoms with Crippen molar-refractivity contribution in [1.29, 1.82) is 0 Å². The first kappa shape index (κ1) is 14.5. The highest BCUT2D eigenvalue weighted by Crippen LogP contribution is 2.19. The average Bonchev–Trinajstić information content (AvgIpc) is 2.23. The van der Waals surface area contributed by atoms with Crippen LogP contribution in [-0.2, 0) is 9.84 Å². The zero-order chi connectivity index (χ0) is 13.1. The third-order valence-corrected chi connectivity index (χ3v) is 5.69. The Morgan fingerprint density at radius 2 is 2.00 bits per heavy atom. The van der Waals surface area contributed by atoms with Crippen molar-refractivity contribution in [1.82, 2.24) is 0 Å². The molecule has 1 rings (SSSR count). The van der Waals surface area contributed by atoms with E-state index in [1.165, 1.54) is 0 Å². The van der Waals surface area contributed by atoms with E-state index in [0.29, 0.717) is 6.54 Å². The smallest absolute Gasteiger partial charge is 0.154 e. The molecule has 0 atom stereocenters. The van der Waals surface area contributed by atoms with Gasteiger partial charge in [0.05, 0.1) is 11.0 Å². The summed E-state index contributed by atoms with van der Waals surface area (Å²) in [6.45, 7) is 5.86. The van der Waals surface area contributed by atoms with Gasteiger partial charge in [0.25, 0.3) is 0 Å². The Morgan fingerprint density at radius 1 is 1.35 bits per heavy atom. The lowest BCUT2D eigenvalue weighted by atomic mass is 10.2. The molecule has 0 aromatic heterocycles. The highest BCUT2D eigenvalue weighted by molar-refractivity contribution is 9.10. The van der Waals surface area contributed by atoms with Gasteiger partial charge in [-0.2, -0.15) is 0 Å². The molecule has 0 aliphatic rings. The quantitative estimate of drug-likeness (QED) is 0.907. The van der Waals surface area contributed by atoms with Gasteiger partial charge < -0.3 is 5.32 Å². The second-order valence-electron chi connectivity index (χ2n) is 4.31. The van der Waals surface area contributed by atoms with Crippen LogP contribution in [0.5, 0.6) is 0 Å². The molecule has 0 aliphatic heterocycles. The predicted octanol–water partition coefficient (Wildman–Crippen LogP) is 2.99. The normalized spacial score (nSPS) is 11.8. The van der Waals surface area contributed by atoms with Gasteiger partial charge in [-0.25, -0.2) is 8.42 Å². The van der Waals surface area contributed by atoms with Crippen molar-refractivity contribution in [3.8, 4) is 0 Å². The fourth-order valence-corrected chi connectivity index (χ4v) is 2.43. The Labute approximate surface area is 112 Å². The molecule has 0 fully saturated rings. The maximum atomic E-state index is 11.6. The number of benzene rings is 1. The fraction of sp³-hybridized carbons (Fsp3) is 0.500. The molecule has 96 valence electrons. The van der Waals surface area contributed by atoms with Crippen LogP contribution >= 0.6 is 15.9 Å². The Bertz CT molecular complexity index is 483. The number of sulfone groups is 1. The van der Waals surface area contributed by atoms with E-state index >= 15 is 0 Å². The minimum atomic E-state index is -2.96. The van der Waals surface area contributed by atoms with E-state index in [2.05, 4.69) is 21.2 Å². The minimum absolute atomic E-state index is 0.166. The van der Waals surface area contributed by atoms with E-state index in [9.17, 15) is 8.42 Å². The van der Waals surface area contributed by atoms with Gasteiger partial charge >= 0.3 is 0 Å². The lowest BCUT2D eigenvalue weighted by molar-refractivity contribution is 0.588. The van der Waals surface area contributed by atoms with Gasteiger partial charge in [-0.3, -0.25) is 0 Å². The van der Waals surface area contributed by atoms with Gasteiger partial charge in [0, 0.05) is 16.7 Å². The number of hydrogen-bond donors (Lipinski definition) is 1. The van der Waals surface area contributed by atoms with Crippen molar-refractivity contribution in [3.63, 3.8) is 0 Å². The zero-order valence-electron chi connectivity index (χ0n) is 10.3. The molecule has 0 spiro atoms. The number of nitrogens with one attached hydrogen (secondary N) is 1. The number of anilines is 1. The maximum Gasteiger partial charge on any atom is 0.154 e. The van der Waals surface area contributed by atoms with E-state index in [1.54, 1.807) is 13.8 Å². The van der Waals surface area contributed by atoms with Crippen LogP contribution in [0.2, 0.25) is 0 Å². The first-order chi connectivity index (χ1) is 7.83. The van der Waals surface area contributed by atoms with Crippen LogP contribution in [0.1, 0.15) is 19.4 Å². The summed E-state index contributed by atoms with van der Waals surface area (Å²) in [6, 6.07) is 5.87. The largest absolute Gasteiger partial charge is 0.384 e. The first-order valence-corrected chi connectivity index (χ1v) is 8.05. The van der Waals surface area contributed by atoms with Crippen LogP contribution in [-0.4, -0.2) is 26.0 Å². The third kappa shape index (κ3) is 4.32. The van der Waals surface area contributed by atoms with E-state index < -0.39 is 9.84 Å². The van der Waals surface area contributed by atoms with Gasteiger partial charge in [-0.15, -0.1) is 0 Å².